The molecule has 12 nitrogen and oxygen atoms in total. The molecule has 0 heterocycles. The first-order valence-corrected chi connectivity index (χ1v) is 11.0. The topological polar surface area (TPSA) is 173 Å². The first-order valence-electron chi connectivity index (χ1n) is 11.0. The molecule has 2 aromatic rings. The molecule has 0 spiro atoms. The Morgan fingerprint density at radius 3 is 2.26 bits per heavy atom. The number of hydrazine groups is 1. The summed E-state index contributed by atoms with van der Waals surface area (Å²) in [5, 5.41) is 18.2. The Morgan fingerprint density at radius 1 is 1.06 bits per heavy atom. The van der Waals surface area contributed by atoms with E-state index in [1.165, 1.54) is 0 Å². The van der Waals surface area contributed by atoms with Crippen molar-refractivity contribution in [2.45, 2.75) is 45.3 Å². The molecule has 0 aromatic heterocycles. The maximum Gasteiger partial charge on any atom is 0.408 e. The molecule has 0 fully saturated rings. The Hall–Kier alpha value is -4.35. The first-order chi connectivity index (χ1) is 16.5. The van der Waals surface area contributed by atoms with E-state index in [1.54, 1.807) is 38.3 Å². The fourth-order valence-electron chi connectivity index (χ4n) is 2.90. The van der Waals surface area contributed by atoms with Crippen LogP contribution in [0.5, 0.6) is 0 Å². The molecule has 35 heavy (non-hydrogen) atoms. The Balaban J connectivity index is 2.00. The number of benzene rings is 2. The molecule has 0 aliphatic heterocycles. The lowest BCUT2D eigenvalue weighted by Gasteiger charge is -2.23. The highest BCUT2D eigenvalue weighted by Crippen LogP contribution is 2.19. The summed E-state index contributed by atoms with van der Waals surface area (Å²) in [5.74, 6) is -0.791. The van der Waals surface area contributed by atoms with Crippen LogP contribution in [0, 0.1) is 10.1 Å². The second kappa shape index (κ2) is 12.8. The molecular weight excluding hydrogens is 454 g/mol. The third kappa shape index (κ3) is 10.9. The minimum atomic E-state index is -0.924. The maximum atomic E-state index is 12.9. The summed E-state index contributed by atoms with van der Waals surface area (Å²) < 4.78 is 5.26. The zero-order chi connectivity index (χ0) is 25.8. The van der Waals surface area contributed by atoms with Crippen LogP contribution in [0.25, 0.3) is 0 Å². The van der Waals surface area contributed by atoms with E-state index in [2.05, 4.69) is 20.9 Å². The zero-order valence-corrected chi connectivity index (χ0v) is 19.9. The number of anilines is 3. The molecule has 2 rings (SSSR count). The lowest BCUT2D eigenvalue weighted by atomic mass is 10.1. The van der Waals surface area contributed by atoms with Gasteiger partial charge in [-0.15, -0.1) is 0 Å². The van der Waals surface area contributed by atoms with Crippen LogP contribution in [-0.4, -0.2) is 41.2 Å². The van der Waals surface area contributed by atoms with Crippen molar-refractivity contribution >= 4 is 35.0 Å². The first kappa shape index (κ1) is 26.9. The molecule has 12 heteroatoms. The molecule has 6 N–H and O–H groups in total. The maximum absolute atomic E-state index is 12.9. The molecule has 2 amide bonds. The van der Waals surface area contributed by atoms with Crippen molar-refractivity contribution in [3.05, 3.63) is 64.7 Å². The van der Waals surface area contributed by atoms with Crippen molar-refractivity contribution in [3.63, 3.8) is 0 Å². The van der Waals surface area contributed by atoms with Crippen molar-refractivity contribution in [2.24, 2.45) is 10.7 Å². The van der Waals surface area contributed by atoms with Crippen molar-refractivity contribution in [1.82, 2.24) is 10.7 Å². The van der Waals surface area contributed by atoms with E-state index < -0.39 is 28.7 Å². The third-order valence-electron chi connectivity index (χ3n) is 4.36. The molecule has 0 aliphatic carbocycles. The highest BCUT2D eigenvalue weighted by Gasteiger charge is 2.24. The van der Waals surface area contributed by atoms with Crippen LogP contribution in [0.3, 0.4) is 0 Å². The molecule has 0 bridgehead atoms. The molecule has 188 valence electrons. The summed E-state index contributed by atoms with van der Waals surface area (Å²) in [6, 6.07) is 15.8. The fraction of sp³-hybridized carbons (Fsp3) is 0.348. The van der Waals surface area contributed by atoms with Gasteiger partial charge in [0.25, 0.3) is 5.96 Å². The van der Waals surface area contributed by atoms with Gasteiger partial charge >= 0.3 is 6.09 Å². The molecule has 0 saturated carbocycles. The number of alkyl carbamates (subject to hydrolysis) is 1. The average Bonchev–Trinajstić information content (AvgIpc) is 2.76. The second-order valence-corrected chi connectivity index (χ2v) is 8.53. The number of guanidine groups is 1. The van der Waals surface area contributed by atoms with Crippen LogP contribution >= 0.6 is 0 Å². The SMILES string of the molecule is CC(C)(C)OC(=O)N[C@@H](CCCN=C(N)N[N+](=O)[O-])C(=O)Nc1ccc(Nc2ccccc2)cc1. The number of aliphatic imine (C=N–C) groups is 1. The molecule has 2 aromatic carbocycles. The minimum absolute atomic E-state index is 0.117. The molecular formula is C23H31N7O5. The van der Waals surface area contributed by atoms with E-state index in [0.717, 1.165) is 11.4 Å². The highest BCUT2D eigenvalue weighted by molar-refractivity contribution is 5.96. The van der Waals surface area contributed by atoms with E-state index in [9.17, 15) is 19.7 Å². The lowest BCUT2D eigenvalue weighted by molar-refractivity contribution is -0.525. The molecule has 0 unspecified atom stereocenters. The van der Waals surface area contributed by atoms with Crippen molar-refractivity contribution in [1.29, 1.82) is 0 Å². The second-order valence-electron chi connectivity index (χ2n) is 8.53. The number of carbonyl (C=O) groups is 2. The molecule has 0 aliphatic rings. The van der Waals surface area contributed by atoms with Crippen LogP contribution in [0.4, 0.5) is 21.9 Å². The standard InChI is InChI=1S/C23H31N7O5/c1-23(2,3)35-22(32)28-19(10-7-15-25-21(24)29-30(33)34)20(31)27-18-13-11-17(12-14-18)26-16-8-5-4-6-9-16/h4-6,8-9,11-14,19,26H,7,10,15H2,1-3H3,(H,27,31)(H,28,32)(H3,24,25,29)/t19-/m0/s1. The fourth-order valence-corrected chi connectivity index (χ4v) is 2.90. The third-order valence-corrected chi connectivity index (χ3v) is 4.36. The predicted molar refractivity (Wildman–Crippen MR) is 134 cm³/mol. The number of nitro groups is 1. The van der Waals surface area contributed by atoms with Gasteiger partial charge in [0.1, 0.15) is 11.6 Å². The van der Waals surface area contributed by atoms with Crippen LogP contribution in [0.1, 0.15) is 33.6 Å². The predicted octanol–water partition coefficient (Wildman–Crippen LogP) is 3.14. The number of hydrogen-bond donors (Lipinski definition) is 5. The summed E-state index contributed by atoms with van der Waals surface area (Å²) in [5.41, 5.74) is 8.71. The van der Waals surface area contributed by atoms with Crippen LogP contribution < -0.4 is 27.1 Å². The van der Waals surface area contributed by atoms with Gasteiger partial charge in [-0.2, -0.15) is 0 Å². The minimum Gasteiger partial charge on any atom is -0.444 e. The van der Waals surface area contributed by atoms with Crippen molar-refractivity contribution < 1.29 is 19.4 Å². The largest absolute Gasteiger partial charge is 0.444 e. The quantitative estimate of drug-likeness (QED) is 0.112. The number of nitrogens with one attached hydrogen (secondary N) is 4. The van der Waals surface area contributed by atoms with E-state index >= 15 is 0 Å². The van der Waals surface area contributed by atoms with E-state index in [1.807, 2.05) is 42.5 Å². The smallest absolute Gasteiger partial charge is 0.408 e. The number of hydrogen-bond acceptors (Lipinski definition) is 7. The van der Waals surface area contributed by atoms with Gasteiger partial charge < -0.3 is 26.4 Å². The number of nitrogens with two attached hydrogens (primary N) is 1. The van der Waals surface area contributed by atoms with E-state index in [0.29, 0.717) is 12.1 Å². The van der Waals surface area contributed by atoms with Gasteiger partial charge in [0.15, 0.2) is 5.03 Å². The van der Waals surface area contributed by atoms with E-state index in [4.69, 9.17) is 10.5 Å². The monoisotopic (exact) mass is 485 g/mol. The van der Waals surface area contributed by atoms with Gasteiger partial charge in [0.2, 0.25) is 5.91 Å². The lowest BCUT2D eigenvalue weighted by Crippen LogP contribution is -2.45. The molecule has 1 atom stereocenters. The normalized spacial score (nSPS) is 12.3. The average molecular weight is 486 g/mol. The number of amides is 2. The van der Waals surface area contributed by atoms with Gasteiger partial charge in [-0.25, -0.2) is 19.9 Å². The van der Waals surface area contributed by atoms with Crippen LogP contribution in [-0.2, 0) is 9.53 Å². The summed E-state index contributed by atoms with van der Waals surface area (Å²) in [6.45, 7) is 5.26. The van der Waals surface area contributed by atoms with Gasteiger partial charge in [-0.05, 0) is 70.0 Å². The summed E-state index contributed by atoms with van der Waals surface area (Å²) in [6.07, 6.45) is -0.208. The summed E-state index contributed by atoms with van der Waals surface area (Å²) in [4.78, 5) is 39.4. The summed E-state index contributed by atoms with van der Waals surface area (Å²) >= 11 is 0. The van der Waals surface area contributed by atoms with E-state index in [-0.39, 0.29) is 18.9 Å². The zero-order valence-electron chi connectivity index (χ0n) is 19.9. The number of carbonyl (C=O) groups excluding carboxylic acids is 2. The van der Waals surface area contributed by atoms with Gasteiger partial charge in [-0.1, -0.05) is 23.6 Å². The number of rotatable bonds is 10. The number of nitrogens with zero attached hydrogens (tertiary/aromatic N) is 2. The van der Waals surface area contributed by atoms with Gasteiger partial charge in [0.05, 0.1) is 0 Å². The van der Waals surface area contributed by atoms with Crippen LogP contribution in [0.15, 0.2) is 59.6 Å². The Labute approximate surface area is 203 Å². The summed E-state index contributed by atoms with van der Waals surface area (Å²) in [7, 11) is 0. The Bertz CT molecular complexity index is 1020. The van der Waals surface area contributed by atoms with Gasteiger partial charge in [-0.3, -0.25) is 4.79 Å². The van der Waals surface area contributed by atoms with Gasteiger partial charge in [0, 0.05) is 23.6 Å². The van der Waals surface area contributed by atoms with Crippen LogP contribution in [0.2, 0.25) is 0 Å². The highest BCUT2D eigenvalue weighted by atomic mass is 16.7. The number of ether oxygens (including phenoxy) is 1. The van der Waals surface area contributed by atoms with Crippen molar-refractivity contribution in [2.75, 3.05) is 17.2 Å². The van der Waals surface area contributed by atoms with Crippen molar-refractivity contribution in [3.8, 4) is 0 Å². The molecule has 0 radical (unpaired) electrons. The Morgan fingerprint density at radius 2 is 1.66 bits per heavy atom. The number of para-hydroxylation sites is 1. The Kier molecular flexibility index (Phi) is 9.82. The molecule has 0 saturated heterocycles.